The van der Waals surface area contributed by atoms with Gasteiger partial charge in [-0.2, -0.15) is 0 Å². The van der Waals surface area contributed by atoms with E-state index in [0.717, 1.165) is 11.3 Å². The number of aliphatic carboxylic acids is 1. The molecule has 8 nitrogen and oxygen atoms in total. The monoisotopic (exact) mass is 446 g/mol. The Bertz CT molecular complexity index is 1000. The highest BCUT2D eigenvalue weighted by Crippen LogP contribution is 2.33. The number of thioether (sulfide) groups is 1. The van der Waals surface area contributed by atoms with E-state index in [0.29, 0.717) is 41.6 Å². The third-order valence-corrected chi connectivity index (χ3v) is 5.88. The van der Waals surface area contributed by atoms with Gasteiger partial charge in [-0.1, -0.05) is 13.3 Å². The summed E-state index contributed by atoms with van der Waals surface area (Å²) in [5.74, 6) is 0.293. The molecule has 1 aromatic heterocycles. The second kappa shape index (κ2) is 10.5. The van der Waals surface area contributed by atoms with Crippen molar-refractivity contribution in [3.8, 4) is 5.75 Å². The minimum absolute atomic E-state index is 0.225. The van der Waals surface area contributed by atoms with Crippen LogP contribution < -0.4 is 15.6 Å². The van der Waals surface area contributed by atoms with Gasteiger partial charge in [-0.3, -0.25) is 14.2 Å². The van der Waals surface area contributed by atoms with E-state index in [9.17, 15) is 14.7 Å². The summed E-state index contributed by atoms with van der Waals surface area (Å²) in [6.45, 7) is 7.64. The van der Waals surface area contributed by atoms with Crippen LogP contribution in [-0.4, -0.2) is 44.7 Å². The molecule has 0 spiro atoms. The average molecular weight is 447 g/mol. The summed E-state index contributed by atoms with van der Waals surface area (Å²) in [5, 5.41) is 20.3. The van der Waals surface area contributed by atoms with Crippen LogP contribution in [-0.2, 0) is 11.3 Å². The first kappa shape index (κ1) is 24.5. The van der Waals surface area contributed by atoms with Crippen LogP contribution >= 0.6 is 11.8 Å². The first-order valence-electron chi connectivity index (χ1n) is 10.1. The van der Waals surface area contributed by atoms with Gasteiger partial charge in [0, 0.05) is 11.9 Å². The highest BCUT2D eigenvalue weighted by molar-refractivity contribution is 8.01. The predicted molar refractivity (Wildman–Crippen MR) is 124 cm³/mol. The number of carboxylic acid groups (broad SMARTS) is 1. The number of carbonyl (C=O) groups is 1. The second-order valence-corrected chi connectivity index (χ2v) is 9.25. The molecule has 0 radical (unpaired) electrons. The summed E-state index contributed by atoms with van der Waals surface area (Å²) in [6, 6.07) is 7.19. The number of anilines is 1. The number of rotatable bonds is 11. The van der Waals surface area contributed by atoms with Gasteiger partial charge in [-0.25, -0.2) is 4.98 Å². The Hall–Kier alpha value is -2.81. The normalized spacial score (nSPS) is 11.3. The zero-order valence-corrected chi connectivity index (χ0v) is 19.4. The number of aryl methyl sites for hydroxylation is 1. The maximum atomic E-state index is 12.9. The fourth-order valence-corrected chi connectivity index (χ4v) is 3.88. The van der Waals surface area contributed by atoms with Crippen molar-refractivity contribution in [1.29, 1.82) is 5.41 Å². The van der Waals surface area contributed by atoms with Crippen molar-refractivity contribution in [2.24, 2.45) is 0 Å². The number of aromatic nitrogens is 2. The standard InChI is InChI=1S/C22H30N4O4S/c1-6-7-17(23)18-19(24-5)20(27)26(14(2)25-18)12-13-30-15-8-10-16(11-9-15)31-22(3,4)21(28)29/h8-11,23-24H,6-7,12-13H2,1-5H3,(H,28,29). The lowest BCUT2D eigenvalue weighted by atomic mass is 10.1. The van der Waals surface area contributed by atoms with Gasteiger partial charge in [0.05, 0.1) is 12.3 Å². The van der Waals surface area contributed by atoms with Gasteiger partial charge < -0.3 is 20.6 Å². The van der Waals surface area contributed by atoms with E-state index < -0.39 is 10.7 Å². The number of hydrogen-bond donors (Lipinski definition) is 3. The minimum atomic E-state index is -0.918. The predicted octanol–water partition coefficient (Wildman–Crippen LogP) is 3.80. The topological polar surface area (TPSA) is 117 Å². The Balaban J connectivity index is 2.08. The summed E-state index contributed by atoms with van der Waals surface area (Å²) < 4.78 is 6.38. The molecule has 0 saturated carbocycles. The quantitative estimate of drug-likeness (QED) is 0.355. The third kappa shape index (κ3) is 6.10. The third-order valence-electron chi connectivity index (χ3n) is 4.69. The van der Waals surface area contributed by atoms with E-state index in [1.54, 1.807) is 40.0 Å². The van der Waals surface area contributed by atoms with Crippen LogP contribution in [0.4, 0.5) is 5.69 Å². The smallest absolute Gasteiger partial charge is 0.319 e. The molecular formula is C22H30N4O4S. The van der Waals surface area contributed by atoms with Crippen molar-refractivity contribution in [2.45, 2.75) is 56.7 Å². The molecule has 0 bridgehead atoms. The lowest BCUT2D eigenvalue weighted by Gasteiger charge is -2.18. The summed E-state index contributed by atoms with van der Waals surface area (Å²) in [5.41, 5.74) is 0.851. The van der Waals surface area contributed by atoms with Crippen LogP contribution in [0.3, 0.4) is 0 Å². The molecule has 2 aromatic rings. The first-order valence-corrected chi connectivity index (χ1v) is 10.9. The van der Waals surface area contributed by atoms with Crippen molar-refractivity contribution in [3.63, 3.8) is 0 Å². The minimum Gasteiger partial charge on any atom is -0.492 e. The molecule has 0 unspecified atom stereocenters. The van der Waals surface area contributed by atoms with E-state index in [-0.39, 0.29) is 12.2 Å². The Kier molecular flexibility index (Phi) is 8.27. The maximum Gasteiger partial charge on any atom is 0.319 e. The maximum absolute atomic E-state index is 12.9. The van der Waals surface area contributed by atoms with Crippen LogP contribution in [0.5, 0.6) is 5.75 Å². The van der Waals surface area contributed by atoms with E-state index in [2.05, 4.69) is 10.3 Å². The van der Waals surface area contributed by atoms with Crippen molar-refractivity contribution >= 4 is 29.1 Å². The molecule has 0 saturated heterocycles. The summed E-state index contributed by atoms with van der Waals surface area (Å²) in [4.78, 5) is 29.5. The molecule has 0 aliphatic carbocycles. The number of ether oxygens (including phenoxy) is 1. The fourth-order valence-electron chi connectivity index (χ4n) is 2.93. The number of nitrogens with one attached hydrogen (secondary N) is 2. The van der Waals surface area contributed by atoms with Gasteiger partial charge in [-0.05, 0) is 51.5 Å². The highest BCUT2D eigenvalue weighted by atomic mass is 32.2. The van der Waals surface area contributed by atoms with Gasteiger partial charge in [0.15, 0.2) is 0 Å². The Morgan fingerprint density at radius 1 is 1.32 bits per heavy atom. The van der Waals surface area contributed by atoms with E-state index in [1.807, 2.05) is 19.1 Å². The van der Waals surface area contributed by atoms with E-state index in [4.69, 9.17) is 10.1 Å². The van der Waals surface area contributed by atoms with Gasteiger partial charge in [0.25, 0.3) is 5.56 Å². The summed E-state index contributed by atoms with van der Waals surface area (Å²) >= 11 is 1.27. The molecular weight excluding hydrogens is 416 g/mol. The molecule has 31 heavy (non-hydrogen) atoms. The van der Waals surface area contributed by atoms with Crippen LogP contribution in [0.2, 0.25) is 0 Å². The molecule has 0 fully saturated rings. The van der Waals surface area contributed by atoms with Gasteiger partial charge in [0.2, 0.25) is 0 Å². The molecule has 1 heterocycles. The van der Waals surface area contributed by atoms with Crippen LogP contribution in [0.15, 0.2) is 34.0 Å². The molecule has 0 aliphatic rings. The molecule has 0 amide bonds. The number of carboxylic acids is 1. The molecule has 0 atom stereocenters. The Morgan fingerprint density at radius 2 is 1.97 bits per heavy atom. The van der Waals surface area contributed by atoms with Crippen molar-refractivity contribution in [2.75, 3.05) is 19.0 Å². The number of hydrogen-bond acceptors (Lipinski definition) is 7. The lowest BCUT2D eigenvalue weighted by Crippen LogP contribution is -2.31. The zero-order chi connectivity index (χ0) is 23.2. The molecule has 2 rings (SSSR count). The molecule has 3 N–H and O–H groups in total. The summed E-state index contributed by atoms with van der Waals surface area (Å²) in [6.07, 6.45) is 1.37. The van der Waals surface area contributed by atoms with Gasteiger partial charge in [0.1, 0.15) is 34.3 Å². The highest BCUT2D eigenvalue weighted by Gasteiger charge is 2.28. The fraction of sp³-hybridized carbons (Fsp3) is 0.455. The van der Waals surface area contributed by atoms with Gasteiger partial charge in [-0.15, -0.1) is 11.8 Å². The Labute approximate surface area is 186 Å². The molecule has 1 aromatic carbocycles. The van der Waals surface area contributed by atoms with E-state index >= 15 is 0 Å². The van der Waals surface area contributed by atoms with Gasteiger partial charge >= 0.3 is 5.97 Å². The lowest BCUT2D eigenvalue weighted by molar-refractivity contribution is -0.138. The first-order chi connectivity index (χ1) is 14.6. The van der Waals surface area contributed by atoms with Crippen molar-refractivity contribution in [1.82, 2.24) is 9.55 Å². The second-order valence-electron chi connectivity index (χ2n) is 7.56. The zero-order valence-electron chi connectivity index (χ0n) is 18.6. The van der Waals surface area contributed by atoms with Crippen LogP contribution in [0, 0.1) is 12.3 Å². The Morgan fingerprint density at radius 3 is 2.52 bits per heavy atom. The molecule has 9 heteroatoms. The van der Waals surface area contributed by atoms with Crippen LogP contribution in [0.1, 0.15) is 45.1 Å². The van der Waals surface area contributed by atoms with E-state index in [1.165, 1.54) is 16.3 Å². The SMILES string of the molecule is CCCC(=N)c1nc(C)n(CCOc2ccc(SC(C)(C)C(=O)O)cc2)c(=O)c1NC. The van der Waals surface area contributed by atoms with Crippen molar-refractivity contribution < 1.29 is 14.6 Å². The molecule has 168 valence electrons. The largest absolute Gasteiger partial charge is 0.492 e. The average Bonchev–Trinajstić information content (AvgIpc) is 2.71. The van der Waals surface area contributed by atoms with Crippen LogP contribution in [0.25, 0.3) is 0 Å². The van der Waals surface area contributed by atoms with Crippen molar-refractivity contribution in [3.05, 3.63) is 46.1 Å². The summed E-state index contributed by atoms with van der Waals surface area (Å²) in [7, 11) is 1.66. The number of nitrogens with zero attached hydrogens (tertiary/aromatic N) is 2. The molecule has 0 aliphatic heterocycles. The number of benzene rings is 1.